The Morgan fingerprint density at radius 3 is 3.00 bits per heavy atom. The summed E-state index contributed by atoms with van der Waals surface area (Å²) in [6.07, 6.45) is 1.97. The van der Waals surface area contributed by atoms with E-state index in [9.17, 15) is 4.39 Å². The number of rotatable bonds is 5. The lowest BCUT2D eigenvalue weighted by Crippen LogP contribution is -2.17. The summed E-state index contributed by atoms with van der Waals surface area (Å²) in [5.41, 5.74) is 0.847. The van der Waals surface area contributed by atoms with Crippen molar-refractivity contribution in [2.75, 3.05) is 6.54 Å². The second-order valence-electron chi connectivity index (χ2n) is 3.52. The molecule has 0 radical (unpaired) electrons. The molecule has 4 nitrogen and oxygen atoms in total. The van der Waals surface area contributed by atoms with Crippen LogP contribution in [-0.2, 0) is 13.0 Å². The van der Waals surface area contributed by atoms with Gasteiger partial charge in [-0.1, -0.05) is 22.8 Å². The molecule has 0 aliphatic heterocycles. The number of nitrogens with one attached hydrogen (secondary N) is 1. The Morgan fingerprint density at radius 1 is 1.41 bits per heavy atom. The lowest BCUT2D eigenvalue weighted by atomic mass is 10.2. The van der Waals surface area contributed by atoms with Crippen molar-refractivity contribution in [1.82, 2.24) is 15.5 Å². The third kappa shape index (κ3) is 3.51. The first-order valence-electron chi connectivity index (χ1n) is 5.15. The van der Waals surface area contributed by atoms with Gasteiger partial charge in [-0.3, -0.25) is 0 Å². The van der Waals surface area contributed by atoms with E-state index in [2.05, 4.69) is 20.0 Å². The molecule has 1 heterocycles. The van der Waals surface area contributed by atoms with Gasteiger partial charge in [-0.15, -0.1) is 0 Å². The number of aromatic nitrogens is 2. The topological polar surface area (TPSA) is 51.0 Å². The van der Waals surface area contributed by atoms with Crippen LogP contribution in [0.2, 0.25) is 5.02 Å². The van der Waals surface area contributed by atoms with Gasteiger partial charge in [-0.05, 0) is 17.7 Å². The Hall–Kier alpha value is -1.46. The molecular formula is C11H11ClFN3O. The van der Waals surface area contributed by atoms with E-state index in [1.165, 1.54) is 12.5 Å². The second kappa shape index (κ2) is 5.75. The average molecular weight is 256 g/mol. The molecule has 0 saturated carbocycles. The Bertz CT molecular complexity index is 476. The third-order valence-corrected chi connectivity index (χ3v) is 2.55. The van der Waals surface area contributed by atoms with Gasteiger partial charge in [0.15, 0.2) is 5.82 Å². The zero-order valence-corrected chi connectivity index (χ0v) is 9.75. The quantitative estimate of drug-likeness (QED) is 0.832. The minimum atomic E-state index is -0.399. The summed E-state index contributed by atoms with van der Waals surface area (Å²) in [5, 5.41) is 6.98. The smallest absolute Gasteiger partial charge is 0.213 e. The van der Waals surface area contributed by atoms with Gasteiger partial charge in [0.25, 0.3) is 0 Å². The Labute approximate surface area is 103 Å². The van der Waals surface area contributed by atoms with Crippen LogP contribution in [0.3, 0.4) is 0 Å². The normalized spacial score (nSPS) is 10.7. The van der Waals surface area contributed by atoms with Gasteiger partial charge in [0.05, 0.1) is 5.02 Å². The van der Waals surface area contributed by atoms with Gasteiger partial charge >= 0.3 is 0 Å². The molecule has 17 heavy (non-hydrogen) atoms. The van der Waals surface area contributed by atoms with Crippen molar-refractivity contribution < 1.29 is 8.91 Å². The van der Waals surface area contributed by atoms with E-state index in [0.29, 0.717) is 25.3 Å². The van der Waals surface area contributed by atoms with Crippen LogP contribution in [-0.4, -0.2) is 16.7 Å². The highest BCUT2D eigenvalue weighted by atomic mass is 35.5. The summed E-state index contributed by atoms with van der Waals surface area (Å²) in [4.78, 5) is 3.89. The van der Waals surface area contributed by atoms with E-state index in [4.69, 9.17) is 11.6 Å². The fraction of sp³-hybridized carbons (Fsp3) is 0.273. The molecule has 0 unspecified atom stereocenters. The fourth-order valence-electron chi connectivity index (χ4n) is 1.39. The molecule has 2 aromatic rings. The summed E-state index contributed by atoms with van der Waals surface area (Å²) < 4.78 is 17.7. The molecule has 0 atom stereocenters. The first-order chi connectivity index (χ1) is 8.25. The lowest BCUT2D eigenvalue weighted by molar-refractivity contribution is 0.409. The van der Waals surface area contributed by atoms with Crippen LogP contribution in [0.4, 0.5) is 4.39 Å². The number of hydrogen-bond donors (Lipinski definition) is 1. The van der Waals surface area contributed by atoms with Crippen LogP contribution in [0.25, 0.3) is 0 Å². The van der Waals surface area contributed by atoms with Crippen LogP contribution in [0.1, 0.15) is 11.4 Å². The van der Waals surface area contributed by atoms with E-state index < -0.39 is 5.82 Å². The van der Waals surface area contributed by atoms with E-state index in [1.807, 2.05) is 0 Å². The molecule has 0 fully saturated rings. The predicted molar refractivity (Wildman–Crippen MR) is 61.1 cm³/mol. The predicted octanol–water partition coefficient (Wildman–Crippen LogP) is 2.19. The Balaban J connectivity index is 1.76. The maximum Gasteiger partial charge on any atom is 0.213 e. The third-order valence-electron chi connectivity index (χ3n) is 2.25. The highest BCUT2D eigenvalue weighted by molar-refractivity contribution is 6.30. The SMILES string of the molecule is Fc1cc(CNCCc2ncon2)ccc1Cl. The summed E-state index contributed by atoms with van der Waals surface area (Å²) >= 11 is 5.59. The fourth-order valence-corrected chi connectivity index (χ4v) is 1.50. The zero-order chi connectivity index (χ0) is 12.1. The molecule has 0 aliphatic rings. The van der Waals surface area contributed by atoms with Gasteiger partial charge in [0, 0.05) is 19.5 Å². The van der Waals surface area contributed by atoms with Crippen molar-refractivity contribution in [2.24, 2.45) is 0 Å². The maximum absolute atomic E-state index is 13.1. The number of halogens is 2. The highest BCUT2D eigenvalue weighted by Gasteiger charge is 2.01. The van der Waals surface area contributed by atoms with E-state index in [0.717, 1.165) is 5.56 Å². The molecule has 0 bridgehead atoms. The van der Waals surface area contributed by atoms with Crippen LogP contribution < -0.4 is 5.32 Å². The van der Waals surface area contributed by atoms with Crippen LogP contribution in [0.15, 0.2) is 29.1 Å². The minimum absolute atomic E-state index is 0.139. The first-order valence-corrected chi connectivity index (χ1v) is 5.53. The molecular weight excluding hydrogens is 245 g/mol. The van der Waals surface area contributed by atoms with Gasteiger partial charge in [0.2, 0.25) is 6.39 Å². The largest absolute Gasteiger partial charge is 0.343 e. The second-order valence-corrected chi connectivity index (χ2v) is 3.93. The van der Waals surface area contributed by atoms with Crippen LogP contribution in [0.5, 0.6) is 0 Å². The van der Waals surface area contributed by atoms with Gasteiger partial charge in [-0.2, -0.15) is 4.98 Å². The summed E-state index contributed by atoms with van der Waals surface area (Å²) in [5.74, 6) is 0.254. The minimum Gasteiger partial charge on any atom is -0.343 e. The van der Waals surface area contributed by atoms with Crippen LogP contribution >= 0.6 is 11.6 Å². The monoisotopic (exact) mass is 255 g/mol. The van der Waals surface area contributed by atoms with Gasteiger partial charge in [-0.25, -0.2) is 4.39 Å². The molecule has 0 aliphatic carbocycles. The van der Waals surface area contributed by atoms with Crippen molar-refractivity contribution >= 4 is 11.6 Å². The van der Waals surface area contributed by atoms with E-state index >= 15 is 0 Å². The summed E-state index contributed by atoms with van der Waals surface area (Å²) in [6, 6.07) is 4.75. The molecule has 2 rings (SSSR count). The van der Waals surface area contributed by atoms with E-state index in [1.54, 1.807) is 12.1 Å². The van der Waals surface area contributed by atoms with Crippen molar-refractivity contribution in [2.45, 2.75) is 13.0 Å². The molecule has 6 heteroatoms. The molecule has 1 N–H and O–H groups in total. The highest BCUT2D eigenvalue weighted by Crippen LogP contribution is 2.15. The maximum atomic E-state index is 13.1. The first kappa shape index (κ1) is 12.0. The molecule has 0 saturated heterocycles. The summed E-state index contributed by atoms with van der Waals surface area (Å²) in [6.45, 7) is 1.27. The van der Waals surface area contributed by atoms with Gasteiger partial charge in [0.1, 0.15) is 5.82 Å². The number of benzene rings is 1. The number of hydrogen-bond acceptors (Lipinski definition) is 4. The number of nitrogens with zero attached hydrogens (tertiary/aromatic N) is 2. The molecule has 0 amide bonds. The molecule has 1 aromatic carbocycles. The van der Waals surface area contributed by atoms with Gasteiger partial charge < -0.3 is 9.84 Å². The lowest BCUT2D eigenvalue weighted by Gasteiger charge is -2.04. The van der Waals surface area contributed by atoms with E-state index in [-0.39, 0.29) is 5.02 Å². The molecule has 0 spiro atoms. The van der Waals surface area contributed by atoms with Crippen molar-refractivity contribution in [3.05, 3.63) is 46.8 Å². The average Bonchev–Trinajstić information content (AvgIpc) is 2.82. The summed E-state index contributed by atoms with van der Waals surface area (Å²) in [7, 11) is 0. The molecule has 90 valence electrons. The zero-order valence-electron chi connectivity index (χ0n) is 8.99. The van der Waals surface area contributed by atoms with Crippen molar-refractivity contribution in [3.8, 4) is 0 Å². The Kier molecular flexibility index (Phi) is 4.06. The van der Waals surface area contributed by atoms with Crippen molar-refractivity contribution in [1.29, 1.82) is 0 Å². The van der Waals surface area contributed by atoms with Crippen molar-refractivity contribution in [3.63, 3.8) is 0 Å². The van der Waals surface area contributed by atoms with Crippen LogP contribution in [0, 0.1) is 5.82 Å². The Morgan fingerprint density at radius 2 is 2.29 bits per heavy atom. The standard InChI is InChI=1S/C11H11ClFN3O/c12-9-2-1-8(5-10(9)13)6-14-4-3-11-15-7-17-16-11/h1-2,5,7,14H,3-4,6H2. The molecule has 1 aromatic heterocycles.